The smallest absolute Gasteiger partial charge is 0.254 e. The van der Waals surface area contributed by atoms with Crippen LogP contribution in [-0.2, 0) is 4.12 Å². The molecule has 0 aliphatic rings. The molecule has 0 radical (unpaired) electrons. The Morgan fingerprint density at radius 2 is 1.23 bits per heavy atom. The number of hydrogen-bond acceptors (Lipinski definition) is 1. The first kappa shape index (κ1) is 12.1. The van der Waals surface area contributed by atoms with Gasteiger partial charge in [-0.25, -0.2) is 0 Å². The second-order valence-corrected chi connectivity index (χ2v) is 8.27. The summed E-state index contributed by atoms with van der Waals surface area (Å²) in [5.74, 6) is 0. The standard InChI is InChI=1S/C10H16OSi2/c1-6-12(7-2)11-13(8-3,9-4)10-5/h6-10,12H,1-5H2. The van der Waals surface area contributed by atoms with Crippen LogP contribution in [0.15, 0.2) is 61.4 Å². The lowest BCUT2D eigenvalue weighted by atomic mass is 11.2. The van der Waals surface area contributed by atoms with Crippen LogP contribution in [0.25, 0.3) is 0 Å². The Morgan fingerprint density at radius 3 is 1.46 bits per heavy atom. The van der Waals surface area contributed by atoms with Gasteiger partial charge in [0.25, 0.3) is 8.32 Å². The normalized spacial score (nSPS) is 10.5. The molecule has 0 aromatic carbocycles. The molecule has 70 valence electrons. The lowest BCUT2D eigenvalue weighted by Crippen LogP contribution is -2.37. The second-order valence-electron chi connectivity index (χ2n) is 2.52. The third-order valence-corrected chi connectivity index (χ3v) is 7.33. The lowest BCUT2D eigenvalue weighted by molar-refractivity contribution is 0.612. The fourth-order valence-electron chi connectivity index (χ4n) is 0.822. The highest BCUT2D eigenvalue weighted by Gasteiger charge is 2.25. The molecule has 1 nitrogen and oxygen atoms in total. The molecule has 0 atom stereocenters. The highest BCUT2D eigenvalue weighted by molar-refractivity contribution is 6.92. The van der Waals surface area contributed by atoms with Gasteiger partial charge in [-0.2, -0.15) is 0 Å². The predicted molar refractivity (Wildman–Crippen MR) is 65.0 cm³/mol. The molecule has 0 rings (SSSR count). The van der Waals surface area contributed by atoms with E-state index in [1.165, 1.54) is 0 Å². The molecule has 0 unspecified atom stereocenters. The summed E-state index contributed by atoms with van der Waals surface area (Å²) in [4.78, 5) is 0. The largest absolute Gasteiger partial charge is 0.443 e. The number of hydrogen-bond donors (Lipinski definition) is 0. The van der Waals surface area contributed by atoms with Gasteiger partial charge >= 0.3 is 0 Å². The van der Waals surface area contributed by atoms with Crippen LogP contribution in [-0.4, -0.2) is 17.4 Å². The molecule has 0 heterocycles. The summed E-state index contributed by atoms with van der Waals surface area (Å²) < 4.78 is 5.87. The van der Waals surface area contributed by atoms with Gasteiger partial charge in [-0.3, -0.25) is 0 Å². The van der Waals surface area contributed by atoms with E-state index in [0.29, 0.717) is 0 Å². The molecule has 0 amide bonds. The highest BCUT2D eigenvalue weighted by Crippen LogP contribution is 2.11. The van der Waals surface area contributed by atoms with E-state index in [1.807, 2.05) is 11.4 Å². The summed E-state index contributed by atoms with van der Waals surface area (Å²) in [6, 6.07) is 0. The van der Waals surface area contributed by atoms with Crippen LogP contribution in [0.1, 0.15) is 0 Å². The van der Waals surface area contributed by atoms with Crippen LogP contribution < -0.4 is 0 Å². The Balaban J connectivity index is 4.66. The van der Waals surface area contributed by atoms with E-state index in [1.54, 1.807) is 17.1 Å². The molecule has 0 N–H and O–H groups in total. The van der Waals surface area contributed by atoms with E-state index in [9.17, 15) is 0 Å². The molecule has 0 aromatic rings. The summed E-state index contributed by atoms with van der Waals surface area (Å²) in [5.41, 5.74) is 9.07. The lowest BCUT2D eigenvalue weighted by Gasteiger charge is -2.23. The highest BCUT2D eigenvalue weighted by atomic mass is 28.4. The first-order valence-corrected chi connectivity index (χ1v) is 7.96. The SMILES string of the molecule is C=C[SiH](C=C)O[Si](C=C)(C=C)C=C. The van der Waals surface area contributed by atoms with Crippen LogP contribution >= 0.6 is 0 Å². The average Bonchev–Trinajstić information content (AvgIpc) is 2.21. The first-order valence-electron chi connectivity index (χ1n) is 4.01. The average molecular weight is 208 g/mol. The summed E-state index contributed by atoms with van der Waals surface area (Å²) >= 11 is 0. The van der Waals surface area contributed by atoms with Crippen LogP contribution in [0.3, 0.4) is 0 Å². The molecular weight excluding hydrogens is 192 g/mol. The molecule has 0 aliphatic heterocycles. The van der Waals surface area contributed by atoms with Gasteiger partial charge in [0.15, 0.2) is 0 Å². The fourth-order valence-corrected chi connectivity index (χ4v) is 5.33. The topological polar surface area (TPSA) is 9.23 Å². The minimum absolute atomic E-state index is 1.49. The van der Waals surface area contributed by atoms with Gasteiger partial charge in [-0.15, -0.1) is 32.9 Å². The maximum absolute atomic E-state index is 5.87. The zero-order chi connectivity index (χ0) is 10.3. The van der Waals surface area contributed by atoms with Gasteiger partial charge < -0.3 is 4.12 Å². The summed E-state index contributed by atoms with van der Waals surface area (Å²) in [6.45, 7) is 18.6. The van der Waals surface area contributed by atoms with Crippen LogP contribution in [0.2, 0.25) is 0 Å². The minimum atomic E-state index is -2.11. The fraction of sp³-hybridized carbons (Fsp3) is 0. The van der Waals surface area contributed by atoms with Crippen LogP contribution in [0.4, 0.5) is 0 Å². The Kier molecular flexibility index (Phi) is 5.29. The molecular formula is C10H16OSi2. The van der Waals surface area contributed by atoms with Crippen molar-refractivity contribution < 1.29 is 4.12 Å². The van der Waals surface area contributed by atoms with E-state index in [2.05, 4.69) is 32.9 Å². The monoisotopic (exact) mass is 208 g/mol. The van der Waals surface area contributed by atoms with E-state index in [0.717, 1.165) is 0 Å². The van der Waals surface area contributed by atoms with Crippen molar-refractivity contribution in [2.45, 2.75) is 0 Å². The van der Waals surface area contributed by atoms with Crippen molar-refractivity contribution in [3.05, 3.63) is 61.4 Å². The molecule has 3 heteroatoms. The van der Waals surface area contributed by atoms with Crippen molar-refractivity contribution in [2.24, 2.45) is 0 Å². The maximum atomic E-state index is 5.87. The third-order valence-electron chi connectivity index (χ3n) is 1.76. The molecule has 0 saturated carbocycles. The second kappa shape index (κ2) is 5.69. The zero-order valence-corrected chi connectivity index (χ0v) is 10.1. The first-order chi connectivity index (χ1) is 6.17. The van der Waals surface area contributed by atoms with Crippen molar-refractivity contribution in [3.8, 4) is 0 Å². The molecule has 0 fully saturated rings. The summed E-state index contributed by atoms with van der Waals surface area (Å²) in [5, 5.41) is 0. The van der Waals surface area contributed by atoms with Crippen molar-refractivity contribution in [1.29, 1.82) is 0 Å². The van der Waals surface area contributed by atoms with E-state index in [-0.39, 0.29) is 0 Å². The maximum Gasteiger partial charge on any atom is 0.254 e. The summed E-state index contributed by atoms with van der Waals surface area (Å²) in [7, 11) is -3.61. The predicted octanol–water partition coefficient (Wildman–Crippen LogP) is 2.30. The minimum Gasteiger partial charge on any atom is -0.443 e. The molecule has 0 aliphatic carbocycles. The molecule has 0 aromatic heterocycles. The van der Waals surface area contributed by atoms with Gasteiger partial charge in [0.1, 0.15) is 0 Å². The van der Waals surface area contributed by atoms with Gasteiger partial charge in [0.05, 0.1) is 0 Å². The zero-order valence-electron chi connectivity index (χ0n) is 7.91. The van der Waals surface area contributed by atoms with E-state index in [4.69, 9.17) is 4.12 Å². The van der Waals surface area contributed by atoms with Crippen LogP contribution in [0.5, 0.6) is 0 Å². The van der Waals surface area contributed by atoms with Gasteiger partial charge in [0.2, 0.25) is 9.04 Å². The van der Waals surface area contributed by atoms with Gasteiger partial charge in [-0.05, 0) is 0 Å². The van der Waals surface area contributed by atoms with E-state index < -0.39 is 17.4 Å². The Hall–Kier alpha value is -0.906. The van der Waals surface area contributed by atoms with Crippen molar-refractivity contribution in [1.82, 2.24) is 0 Å². The molecule has 0 spiro atoms. The number of rotatable bonds is 7. The quantitative estimate of drug-likeness (QED) is 0.583. The van der Waals surface area contributed by atoms with E-state index >= 15 is 0 Å². The third kappa shape index (κ3) is 3.14. The molecule has 13 heavy (non-hydrogen) atoms. The Bertz CT molecular complexity index is 203. The molecule has 0 bridgehead atoms. The Labute approximate surface area is 83.3 Å². The van der Waals surface area contributed by atoms with Gasteiger partial charge in [-0.1, -0.05) is 28.5 Å². The van der Waals surface area contributed by atoms with Crippen molar-refractivity contribution in [2.75, 3.05) is 0 Å². The van der Waals surface area contributed by atoms with Crippen molar-refractivity contribution in [3.63, 3.8) is 0 Å². The molecule has 0 saturated heterocycles. The Morgan fingerprint density at radius 1 is 0.846 bits per heavy atom. The van der Waals surface area contributed by atoms with Crippen LogP contribution in [0, 0.1) is 0 Å². The van der Waals surface area contributed by atoms with Crippen molar-refractivity contribution >= 4 is 17.4 Å². The van der Waals surface area contributed by atoms with Gasteiger partial charge in [0, 0.05) is 0 Å². The summed E-state index contributed by atoms with van der Waals surface area (Å²) in [6.07, 6.45) is 0.